The minimum atomic E-state index is -0.669. The van der Waals surface area contributed by atoms with Crippen molar-refractivity contribution in [3.8, 4) is 5.75 Å². The molecule has 0 saturated heterocycles. The minimum Gasteiger partial charge on any atom is -0.493 e. The van der Waals surface area contributed by atoms with Crippen molar-refractivity contribution in [1.29, 1.82) is 0 Å². The Hall–Kier alpha value is -3.78. The molecule has 0 spiro atoms. The Morgan fingerprint density at radius 3 is 2.42 bits per heavy atom. The molecule has 9 heteroatoms. The molecule has 31 heavy (non-hydrogen) atoms. The van der Waals surface area contributed by atoms with Crippen LogP contribution in [0.4, 0.5) is 5.69 Å². The first-order chi connectivity index (χ1) is 14.9. The lowest BCUT2D eigenvalue weighted by molar-refractivity contribution is -0.111. The Kier molecular flexibility index (Phi) is 6.61. The lowest BCUT2D eigenvalue weighted by Crippen LogP contribution is -2.14. The van der Waals surface area contributed by atoms with E-state index in [4.69, 9.17) is 25.5 Å². The van der Waals surface area contributed by atoms with Gasteiger partial charge in [-0.2, -0.15) is 0 Å². The lowest BCUT2D eigenvalue weighted by Gasteiger charge is -2.10. The predicted octanol–water partition coefficient (Wildman–Crippen LogP) is 4.32. The second-order valence-electron chi connectivity index (χ2n) is 6.24. The van der Waals surface area contributed by atoms with Crippen LogP contribution in [0, 0.1) is 0 Å². The van der Waals surface area contributed by atoms with Crippen LogP contribution < -0.4 is 10.1 Å². The summed E-state index contributed by atoms with van der Waals surface area (Å²) >= 11 is 6.05. The van der Waals surface area contributed by atoms with E-state index in [0.29, 0.717) is 27.5 Å². The first-order valence-electron chi connectivity index (χ1n) is 8.93. The molecule has 1 amide bonds. The van der Waals surface area contributed by atoms with Crippen molar-refractivity contribution in [1.82, 2.24) is 0 Å². The lowest BCUT2D eigenvalue weighted by atomic mass is 10.1. The number of fused-ring (bicyclic) bond motifs is 1. The van der Waals surface area contributed by atoms with Crippen LogP contribution in [0.5, 0.6) is 5.75 Å². The molecule has 1 aromatic heterocycles. The van der Waals surface area contributed by atoms with E-state index in [9.17, 15) is 14.4 Å². The van der Waals surface area contributed by atoms with Crippen molar-refractivity contribution >= 4 is 52.2 Å². The van der Waals surface area contributed by atoms with Crippen molar-refractivity contribution in [2.24, 2.45) is 0 Å². The largest absolute Gasteiger partial charge is 0.493 e. The highest BCUT2D eigenvalue weighted by Crippen LogP contribution is 2.32. The summed E-state index contributed by atoms with van der Waals surface area (Å²) in [4.78, 5) is 36.2. The van der Waals surface area contributed by atoms with E-state index in [1.165, 1.54) is 51.7 Å². The standard InChI is InChI=1S/C22H18ClNO7/c1-28-18-11-14(23)8-13-9-15(31-20(13)18)5-7-19(25)24-17-10-12(21(26)29-2)4-6-16(17)22(27)30-3/h4-11H,1-3H3,(H,24,25). The zero-order chi connectivity index (χ0) is 22.5. The van der Waals surface area contributed by atoms with Crippen molar-refractivity contribution in [2.45, 2.75) is 0 Å². The Morgan fingerprint density at radius 1 is 1.00 bits per heavy atom. The van der Waals surface area contributed by atoms with E-state index in [0.717, 1.165) is 0 Å². The topological polar surface area (TPSA) is 104 Å². The average Bonchev–Trinajstić information content (AvgIpc) is 3.18. The van der Waals surface area contributed by atoms with Crippen LogP contribution in [0.25, 0.3) is 17.0 Å². The van der Waals surface area contributed by atoms with Gasteiger partial charge in [-0.05, 0) is 36.4 Å². The monoisotopic (exact) mass is 443 g/mol. The number of carbonyl (C=O) groups is 3. The number of nitrogens with one attached hydrogen (secondary N) is 1. The van der Waals surface area contributed by atoms with E-state index in [2.05, 4.69) is 10.1 Å². The van der Waals surface area contributed by atoms with Gasteiger partial charge in [-0.3, -0.25) is 4.79 Å². The normalized spacial score (nSPS) is 10.8. The molecule has 1 heterocycles. The molecule has 0 radical (unpaired) electrons. The molecular formula is C22H18ClNO7. The van der Waals surface area contributed by atoms with Crippen LogP contribution in [0.15, 0.2) is 46.9 Å². The molecular weight excluding hydrogens is 426 g/mol. The molecule has 1 N–H and O–H groups in total. The summed E-state index contributed by atoms with van der Waals surface area (Å²) in [5.41, 5.74) is 0.837. The number of carbonyl (C=O) groups excluding carboxylic acids is 3. The first kappa shape index (κ1) is 21.9. The predicted molar refractivity (Wildman–Crippen MR) is 115 cm³/mol. The van der Waals surface area contributed by atoms with Gasteiger partial charge in [0.2, 0.25) is 5.91 Å². The summed E-state index contributed by atoms with van der Waals surface area (Å²) in [5, 5.41) is 3.76. The summed E-state index contributed by atoms with van der Waals surface area (Å²) in [6, 6.07) is 9.13. The van der Waals surface area contributed by atoms with E-state index < -0.39 is 17.8 Å². The van der Waals surface area contributed by atoms with Gasteiger partial charge < -0.3 is 23.9 Å². The Balaban J connectivity index is 1.86. The van der Waals surface area contributed by atoms with Gasteiger partial charge in [0.25, 0.3) is 0 Å². The zero-order valence-corrected chi connectivity index (χ0v) is 17.6. The van der Waals surface area contributed by atoms with Gasteiger partial charge in [0.05, 0.1) is 38.1 Å². The number of anilines is 1. The SMILES string of the molecule is COC(=O)c1ccc(C(=O)OC)c(NC(=O)C=Cc2cc3cc(Cl)cc(OC)c3o2)c1. The van der Waals surface area contributed by atoms with Crippen LogP contribution in [0.3, 0.4) is 0 Å². The van der Waals surface area contributed by atoms with Gasteiger partial charge in [-0.15, -0.1) is 0 Å². The van der Waals surface area contributed by atoms with E-state index in [-0.39, 0.29) is 16.8 Å². The quantitative estimate of drug-likeness (QED) is 0.447. The van der Waals surface area contributed by atoms with Crippen molar-refractivity contribution in [3.63, 3.8) is 0 Å². The number of halogens is 1. The third-order valence-corrected chi connectivity index (χ3v) is 4.51. The maximum Gasteiger partial charge on any atom is 0.339 e. The first-order valence-corrected chi connectivity index (χ1v) is 9.31. The van der Waals surface area contributed by atoms with Crippen molar-refractivity contribution in [3.05, 3.63) is 64.4 Å². The van der Waals surface area contributed by atoms with Gasteiger partial charge in [-0.25, -0.2) is 9.59 Å². The van der Waals surface area contributed by atoms with Crippen molar-refractivity contribution < 1.29 is 33.0 Å². The molecule has 0 aliphatic heterocycles. The Morgan fingerprint density at radius 2 is 1.74 bits per heavy atom. The second-order valence-corrected chi connectivity index (χ2v) is 6.68. The fourth-order valence-corrected chi connectivity index (χ4v) is 3.07. The van der Waals surface area contributed by atoms with Gasteiger partial charge in [0.15, 0.2) is 11.3 Å². The van der Waals surface area contributed by atoms with Gasteiger partial charge in [0.1, 0.15) is 5.76 Å². The number of methoxy groups -OCH3 is 3. The number of hydrogen-bond acceptors (Lipinski definition) is 7. The maximum absolute atomic E-state index is 12.4. The fraction of sp³-hybridized carbons (Fsp3) is 0.136. The van der Waals surface area contributed by atoms with E-state index in [1.807, 2.05) is 0 Å². The Bertz CT molecular complexity index is 1200. The number of rotatable bonds is 6. The Labute approximate surface area is 182 Å². The van der Waals surface area contributed by atoms with Crippen LogP contribution in [-0.4, -0.2) is 39.2 Å². The smallest absolute Gasteiger partial charge is 0.339 e. The highest BCUT2D eigenvalue weighted by atomic mass is 35.5. The summed E-state index contributed by atoms with van der Waals surface area (Å²) in [6.45, 7) is 0. The fourth-order valence-electron chi connectivity index (χ4n) is 2.85. The number of ether oxygens (including phenoxy) is 3. The summed E-state index contributed by atoms with van der Waals surface area (Å²) in [7, 11) is 3.94. The van der Waals surface area contributed by atoms with Crippen LogP contribution >= 0.6 is 11.6 Å². The number of hydrogen-bond donors (Lipinski definition) is 1. The molecule has 0 saturated carbocycles. The zero-order valence-electron chi connectivity index (χ0n) is 16.9. The van der Waals surface area contributed by atoms with Gasteiger partial charge >= 0.3 is 11.9 Å². The van der Waals surface area contributed by atoms with Gasteiger partial charge in [-0.1, -0.05) is 11.6 Å². The molecule has 0 unspecified atom stereocenters. The van der Waals surface area contributed by atoms with Crippen LogP contribution in [-0.2, 0) is 14.3 Å². The molecule has 2 aromatic carbocycles. The highest BCUT2D eigenvalue weighted by molar-refractivity contribution is 6.31. The van der Waals surface area contributed by atoms with Gasteiger partial charge in [0, 0.05) is 22.6 Å². The second kappa shape index (κ2) is 9.36. The van der Waals surface area contributed by atoms with Crippen molar-refractivity contribution in [2.75, 3.05) is 26.6 Å². The molecule has 0 aliphatic rings. The molecule has 0 atom stereocenters. The molecule has 3 aromatic rings. The van der Waals surface area contributed by atoms with Crippen LogP contribution in [0.1, 0.15) is 26.5 Å². The summed E-state index contributed by atoms with van der Waals surface area (Å²) < 4.78 is 20.3. The molecule has 8 nitrogen and oxygen atoms in total. The minimum absolute atomic E-state index is 0.0834. The molecule has 160 valence electrons. The summed E-state index contributed by atoms with van der Waals surface area (Å²) in [6.07, 6.45) is 2.67. The number of amides is 1. The number of benzene rings is 2. The third kappa shape index (κ3) is 4.87. The van der Waals surface area contributed by atoms with E-state index in [1.54, 1.807) is 18.2 Å². The molecule has 0 fully saturated rings. The van der Waals surface area contributed by atoms with E-state index >= 15 is 0 Å². The molecule has 0 aliphatic carbocycles. The number of esters is 2. The highest BCUT2D eigenvalue weighted by Gasteiger charge is 2.17. The average molecular weight is 444 g/mol. The maximum atomic E-state index is 12.4. The molecule has 3 rings (SSSR count). The van der Waals surface area contributed by atoms with Crippen LogP contribution in [0.2, 0.25) is 5.02 Å². The third-order valence-electron chi connectivity index (χ3n) is 4.29. The number of furan rings is 1. The summed E-state index contributed by atoms with van der Waals surface area (Å²) in [5.74, 6) is -0.983. The molecule has 0 bridgehead atoms.